The third kappa shape index (κ3) is 6.24. The van der Waals surface area contributed by atoms with Crippen LogP contribution in [0.3, 0.4) is 0 Å². The van der Waals surface area contributed by atoms with Gasteiger partial charge in [0.05, 0.1) is 27.8 Å². The predicted octanol–water partition coefficient (Wildman–Crippen LogP) is 3.93. The fourth-order valence-corrected chi connectivity index (χ4v) is 4.69. The molecule has 3 N–H and O–H groups in total. The molecule has 3 rings (SSSR count). The Morgan fingerprint density at radius 3 is 2.33 bits per heavy atom. The number of hydrogen-bond acceptors (Lipinski definition) is 7. The molecule has 12 heteroatoms. The van der Waals surface area contributed by atoms with Gasteiger partial charge >= 0.3 is 6.03 Å². The zero-order valence-electron chi connectivity index (χ0n) is 19.4. The van der Waals surface area contributed by atoms with E-state index in [0.717, 1.165) is 11.3 Å². The molecule has 0 bridgehead atoms. The number of urea groups is 1. The van der Waals surface area contributed by atoms with Gasteiger partial charge in [-0.05, 0) is 81.1 Å². The molecule has 0 spiro atoms. The summed E-state index contributed by atoms with van der Waals surface area (Å²) in [6, 6.07) is 6.94. The number of nitrogens with zero attached hydrogens (tertiary/aromatic N) is 1. The SMILES string of the molecule is CCCOc1ccc(N2C(=O)NC(=O)/C(=C\c3cc(Br)c(OCC(N)=O)c(Br)c3)C2=O)cc1OCC. The van der Waals surface area contributed by atoms with Crippen LogP contribution in [0.25, 0.3) is 6.08 Å². The zero-order chi connectivity index (χ0) is 26.4. The molecule has 0 radical (unpaired) electrons. The molecular weight excluding hydrogens is 602 g/mol. The highest BCUT2D eigenvalue weighted by Gasteiger charge is 2.37. The van der Waals surface area contributed by atoms with Crippen molar-refractivity contribution in [2.75, 3.05) is 24.7 Å². The van der Waals surface area contributed by atoms with Gasteiger partial charge in [0.2, 0.25) is 0 Å². The highest BCUT2D eigenvalue weighted by atomic mass is 79.9. The fourth-order valence-electron chi connectivity index (χ4n) is 3.24. The third-order valence-corrected chi connectivity index (χ3v) is 5.92. The number of carbonyl (C=O) groups excluding carboxylic acids is 4. The second-order valence-electron chi connectivity index (χ2n) is 7.44. The first-order valence-corrected chi connectivity index (χ1v) is 12.5. The van der Waals surface area contributed by atoms with Crippen LogP contribution in [0.5, 0.6) is 17.2 Å². The molecule has 2 aromatic carbocycles. The number of primary amides is 1. The standard InChI is InChI=1S/C24H23Br2N3O7/c1-3-7-35-18-6-5-14(11-19(18)34-4-2)29-23(32)15(22(31)28-24(29)33)8-13-9-16(25)21(17(26)10-13)36-12-20(27)30/h5-6,8-11H,3-4,7,12H2,1-2H3,(H2,27,30)(H,28,31,33)/b15-8+. The number of nitrogens with one attached hydrogen (secondary N) is 1. The topological polar surface area (TPSA) is 137 Å². The first-order chi connectivity index (χ1) is 17.2. The summed E-state index contributed by atoms with van der Waals surface area (Å²) in [5.74, 6) is -1.13. The predicted molar refractivity (Wildman–Crippen MR) is 139 cm³/mol. The van der Waals surface area contributed by atoms with Gasteiger partial charge in [0.1, 0.15) is 11.3 Å². The van der Waals surface area contributed by atoms with E-state index in [9.17, 15) is 19.2 Å². The maximum Gasteiger partial charge on any atom is 0.335 e. The van der Waals surface area contributed by atoms with E-state index >= 15 is 0 Å². The number of halogens is 2. The first kappa shape index (κ1) is 27.2. The lowest BCUT2D eigenvalue weighted by atomic mass is 10.1. The molecule has 190 valence electrons. The van der Waals surface area contributed by atoms with E-state index in [2.05, 4.69) is 37.2 Å². The maximum atomic E-state index is 13.3. The highest BCUT2D eigenvalue weighted by Crippen LogP contribution is 2.36. The van der Waals surface area contributed by atoms with Crippen molar-refractivity contribution >= 4 is 67.4 Å². The highest BCUT2D eigenvalue weighted by molar-refractivity contribution is 9.11. The molecule has 1 heterocycles. The van der Waals surface area contributed by atoms with Gasteiger partial charge in [-0.3, -0.25) is 19.7 Å². The smallest absolute Gasteiger partial charge is 0.335 e. The lowest BCUT2D eigenvalue weighted by Gasteiger charge is -2.27. The van der Waals surface area contributed by atoms with Crippen molar-refractivity contribution in [3.8, 4) is 17.2 Å². The Labute approximate surface area is 224 Å². The summed E-state index contributed by atoms with van der Waals surface area (Å²) in [5.41, 5.74) is 5.52. The van der Waals surface area contributed by atoms with Crippen LogP contribution in [-0.4, -0.2) is 43.6 Å². The second kappa shape index (κ2) is 12.0. The summed E-state index contributed by atoms with van der Waals surface area (Å²) in [5, 5.41) is 2.19. The van der Waals surface area contributed by atoms with Gasteiger partial charge in [0.15, 0.2) is 18.1 Å². The number of hydrogen-bond donors (Lipinski definition) is 2. The number of ether oxygens (including phenoxy) is 3. The molecule has 0 saturated carbocycles. The van der Waals surface area contributed by atoms with Crippen molar-refractivity contribution in [2.45, 2.75) is 20.3 Å². The van der Waals surface area contributed by atoms with Crippen LogP contribution >= 0.6 is 31.9 Å². The van der Waals surface area contributed by atoms with Gasteiger partial charge in [-0.2, -0.15) is 0 Å². The average molecular weight is 625 g/mol. The van der Waals surface area contributed by atoms with Crippen molar-refractivity contribution < 1.29 is 33.4 Å². The second-order valence-corrected chi connectivity index (χ2v) is 9.15. The molecule has 2 aromatic rings. The van der Waals surface area contributed by atoms with E-state index in [4.69, 9.17) is 19.9 Å². The molecular formula is C24H23Br2N3O7. The first-order valence-electron chi connectivity index (χ1n) is 10.9. The molecule has 5 amide bonds. The number of rotatable bonds is 10. The lowest BCUT2D eigenvalue weighted by molar-refractivity contribution is -0.123. The number of imide groups is 2. The summed E-state index contributed by atoms with van der Waals surface area (Å²) in [7, 11) is 0. The number of benzene rings is 2. The minimum atomic E-state index is -0.885. The minimum Gasteiger partial charge on any atom is -0.490 e. The van der Waals surface area contributed by atoms with Crippen molar-refractivity contribution in [2.24, 2.45) is 5.73 Å². The van der Waals surface area contributed by atoms with E-state index in [1.165, 1.54) is 18.2 Å². The van der Waals surface area contributed by atoms with Crippen molar-refractivity contribution in [1.29, 1.82) is 0 Å². The molecule has 10 nitrogen and oxygen atoms in total. The molecule has 0 unspecified atom stereocenters. The van der Waals surface area contributed by atoms with Crippen LogP contribution in [-0.2, 0) is 14.4 Å². The van der Waals surface area contributed by atoms with Gasteiger partial charge in [-0.15, -0.1) is 0 Å². The summed E-state index contributed by atoms with van der Waals surface area (Å²) < 4.78 is 17.6. The molecule has 0 aliphatic carbocycles. The van der Waals surface area contributed by atoms with E-state index < -0.39 is 23.8 Å². The number of anilines is 1. The Morgan fingerprint density at radius 2 is 1.72 bits per heavy atom. The Morgan fingerprint density at radius 1 is 1.03 bits per heavy atom. The Bertz CT molecular complexity index is 1220. The normalized spacial score (nSPS) is 14.6. The van der Waals surface area contributed by atoms with Gasteiger partial charge in [-0.1, -0.05) is 6.92 Å². The van der Waals surface area contributed by atoms with E-state index in [1.54, 1.807) is 25.1 Å². The zero-order valence-corrected chi connectivity index (χ0v) is 22.6. The van der Waals surface area contributed by atoms with Crippen LogP contribution in [0.4, 0.5) is 10.5 Å². The van der Waals surface area contributed by atoms with Crippen LogP contribution in [0, 0.1) is 0 Å². The minimum absolute atomic E-state index is 0.209. The summed E-state index contributed by atoms with van der Waals surface area (Å²) in [6.45, 7) is 4.26. The third-order valence-electron chi connectivity index (χ3n) is 4.74. The molecule has 1 saturated heterocycles. The van der Waals surface area contributed by atoms with Crippen LogP contribution in [0.15, 0.2) is 44.9 Å². The Kier molecular flexibility index (Phi) is 9.10. The monoisotopic (exact) mass is 623 g/mol. The van der Waals surface area contributed by atoms with Crippen LogP contribution in [0.2, 0.25) is 0 Å². The maximum absolute atomic E-state index is 13.3. The molecule has 0 aromatic heterocycles. The van der Waals surface area contributed by atoms with E-state index in [0.29, 0.717) is 45.0 Å². The quantitative estimate of drug-likeness (QED) is 0.302. The molecule has 1 aliphatic rings. The van der Waals surface area contributed by atoms with Crippen molar-refractivity contribution in [3.63, 3.8) is 0 Å². The van der Waals surface area contributed by atoms with Crippen LogP contribution in [0.1, 0.15) is 25.8 Å². The Balaban J connectivity index is 1.96. The largest absolute Gasteiger partial charge is 0.490 e. The molecule has 1 aliphatic heterocycles. The summed E-state index contributed by atoms with van der Waals surface area (Å²) >= 11 is 6.67. The van der Waals surface area contributed by atoms with Crippen molar-refractivity contribution in [3.05, 3.63) is 50.4 Å². The van der Waals surface area contributed by atoms with Crippen LogP contribution < -0.4 is 30.2 Å². The van der Waals surface area contributed by atoms with Gasteiger partial charge in [0.25, 0.3) is 17.7 Å². The van der Waals surface area contributed by atoms with E-state index in [-0.39, 0.29) is 17.9 Å². The number of amides is 5. The van der Waals surface area contributed by atoms with Gasteiger partial charge < -0.3 is 19.9 Å². The number of nitrogens with two attached hydrogens (primary N) is 1. The lowest BCUT2D eigenvalue weighted by Crippen LogP contribution is -2.54. The number of carbonyl (C=O) groups is 4. The van der Waals surface area contributed by atoms with Crippen molar-refractivity contribution in [1.82, 2.24) is 5.32 Å². The van der Waals surface area contributed by atoms with Gasteiger partial charge in [-0.25, -0.2) is 9.69 Å². The Hall–Kier alpha value is -3.38. The average Bonchev–Trinajstić information content (AvgIpc) is 2.80. The fraction of sp³-hybridized carbons (Fsp3) is 0.250. The van der Waals surface area contributed by atoms with Gasteiger partial charge in [0, 0.05) is 6.07 Å². The number of barbiturate groups is 1. The summed E-state index contributed by atoms with van der Waals surface area (Å²) in [6.07, 6.45) is 2.13. The summed E-state index contributed by atoms with van der Waals surface area (Å²) in [4.78, 5) is 50.4. The molecule has 0 atom stereocenters. The molecule has 36 heavy (non-hydrogen) atoms. The van der Waals surface area contributed by atoms with E-state index in [1.807, 2.05) is 6.92 Å². The molecule has 1 fully saturated rings.